The Morgan fingerprint density at radius 3 is 2.76 bits per heavy atom. The van der Waals surface area contributed by atoms with E-state index < -0.39 is 0 Å². The first-order chi connectivity index (χ1) is 10.2. The molecule has 1 fully saturated rings. The van der Waals surface area contributed by atoms with Crippen LogP contribution in [0.15, 0.2) is 18.2 Å². The molecule has 3 rings (SSSR count). The first-order valence-corrected chi connectivity index (χ1v) is 9.20. The Labute approximate surface area is 134 Å². The number of alkyl halides is 1. The Morgan fingerprint density at radius 2 is 2.10 bits per heavy atom. The number of rotatable bonds is 4. The molecule has 5 heteroatoms. The molecule has 0 amide bonds. The van der Waals surface area contributed by atoms with E-state index in [0.29, 0.717) is 11.4 Å². The maximum atomic E-state index is 13.9. The van der Waals surface area contributed by atoms with Crippen molar-refractivity contribution in [3.8, 4) is 0 Å². The van der Waals surface area contributed by atoms with Crippen molar-refractivity contribution < 1.29 is 4.39 Å². The lowest BCUT2D eigenvalue weighted by Crippen LogP contribution is -2.33. The number of aromatic nitrogens is 2. The van der Waals surface area contributed by atoms with Crippen LogP contribution in [0.2, 0.25) is 0 Å². The average Bonchev–Trinajstić information content (AvgIpc) is 2.87. The van der Waals surface area contributed by atoms with Crippen molar-refractivity contribution in [3.63, 3.8) is 0 Å². The van der Waals surface area contributed by atoms with Crippen molar-refractivity contribution in [1.29, 1.82) is 0 Å². The number of hydrogen-bond acceptors (Lipinski definition) is 2. The number of nitrogens with zero attached hydrogens (tertiary/aromatic N) is 2. The fraction of sp³-hybridized carbons (Fsp3) is 0.562. The van der Waals surface area contributed by atoms with Gasteiger partial charge in [0.2, 0.25) is 0 Å². The molecule has 1 aromatic heterocycles. The van der Waals surface area contributed by atoms with Crippen LogP contribution < -0.4 is 0 Å². The molecule has 0 N–H and O–H groups in total. The smallest absolute Gasteiger partial charge is 0.151 e. The predicted molar refractivity (Wildman–Crippen MR) is 88.6 cm³/mol. The van der Waals surface area contributed by atoms with E-state index in [0.717, 1.165) is 17.9 Å². The first kappa shape index (κ1) is 15.2. The summed E-state index contributed by atoms with van der Waals surface area (Å²) in [6.45, 7) is 0.871. The summed E-state index contributed by atoms with van der Waals surface area (Å²) in [4.78, 5) is 4.41. The monoisotopic (exact) mass is 326 g/mol. The van der Waals surface area contributed by atoms with E-state index in [-0.39, 0.29) is 10.6 Å². The summed E-state index contributed by atoms with van der Waals surface area (Å²) in [5, 5.41) is 0. The minimum absolute atomic E-state index is 0.235. The molecule has 0 bridgehead atoms. The van der Waals surface area contributed by atoms with Crippen molar-refractivity contribution in [2.24, 2.45) is 0 Å². The zero-order valence-electron chi connectivity index (χ0n) is 12.2. The number of halogens is 2. The SMILES string of the molecule is CSC1(Cn2c(CCl)nc3c(F)cccc32)CCCCC1. The zero-order chi connectivity index (χ0) is 14.9. The average molecular weight is 327 g/mol. The Kier molecular flexibility index (Phi) is 4.46. The molecule has 0 aliphatic heterocycles. The number of para-hydroxylation sites is 1. The molecule has 1 aliphatic carbocycles. The normalized spacial score (nSPS) is 18.2. The highest BCUT2D eigenvalue weighted by atomic mass is 35.5. The Balaban J connectivity index is 2.04. The van der Waals surface area contributed by atoms with Crippen molar-refractivity contribution >= 4 is 34.4 Å². The van der Waals surface area contributed by atoms with E-state index in [9.17, 15) is 4.39 Å². The molecule has 114 valence electrons. The Bertz CT molecular complexity index is 634. The van der Waals surface area contributed by atoms with Gasteiger partial charge in [0.25, 0.3) is 0 Å². The molecule has 0 radical (unpaired) electrons. The van der Waals surface area contributed by atoms with Crippen LogP contribution in [0.3, 0.4) is 0 Å². The van der Waals surface area contributed by atoms with Crippen LogP contribution >= 0.6 is 23.4 Å². The maximum Gasteiger partial charge on any atom is 0.151 e. The van der Waals surface area contributed by atoms with Gasteiger partial charge in [-0.2, -0.15) is 11.8 Å². The second-order valence-electron chi connectivity index (χ2n) is 5.80. The van der Waals surface area contributed by atoms with Gasteiger partial charge in [-0.1, -0.05) is 25.3 Å². The minimum atomic E-state index is -0.264. The molecule has 1 aromatic carbocycles. The molecule has 1 heterocycles. The first-order valence-electron chi connectivity index (χ1n) is 7.44. The van der Waals surface area contributed by atoms with Crippen LogP contribution in [-0.2, 0) is 12.4 Å². The predicted octanol–water partition coefficient (Wildman–Crippen LogP) is 4.98. The third kappa shape index (κ3) is 2.80. The summed E-state index contributed by atoms with van der Waals surface area (Å²) in [5.41, 5.74) is 1.31. The van der Waals surface area contributed by atoms with Gasteiger partial charge in [-0.25, -0.2) is 9.37 Å². The van der Waals surface area contributed by atoms with Crippen molar-refractivity contribution in [3.05, 3.63) is 29.8 Å². The van der Waals surface area contributed by atoms with Gasteiger partial charge in [0.05, 0.1) is 11.4 Å². The lowest BCUT2D eigenvalue weighted by molar-refractivity contribution is 0.359. The quantitative estimate of drug-likeness (QED) is 0.737. The highest BCUT2D eigenvalue weighted by Gasteiger charge is 2.33. The van der Waals surface area contributed by atoms with Crippen LogP contribution in [0.25, 0.3) is 11.0 Å². The van der Waals surface area contributed by atoms with Gasteiger partial charge in [-0.15, -0.1) is 11.6 Å². The van der Waals surface area contributed by atoms with Gasteiger partial charge in [0.15, 0.2) is 5.82 Å². The number of benzene rings is 1. The van der Waals surface area contributed by atoms with Crippen molar-refractivity contribution in [2.45, 2.75) is 49.3 Å². The van der Waals surface area contributed by atoms with Crippen molar-refractivity contribution in [1.82, 2.24) is 9.55 Å². The second kappa shape index (κ2) is 6.17. The Hall–Kier alpha value is -0.740. The van der Waals surface area contributed by atoms with E-state index >= 15 is 0 Å². The second-order valence-corrected chi connectivity index (χ2v) is 7.34. The molecule has 0 spiro atoms. The van der Waals surface area contributed by atoms with E-state index in [1.165, 1.54) is 38.2 Å². The number of hydrogen-bond donors (Lipinski definition) is 0. The third-order valence-electron chi connectivity index (χ3n) is 4.57. The van der Waals surface area contributed by atoms with Gasteiger partial charge in [-0.3, -0.25) is 0 Å². The number of fused-ring (bicyclic) bond motifs is 1. The van der Waals surface area contributed by atoms with Gasteiger partial charge < -0.3 is 4.57 Å². The minimum Gasteiger partial charge on any atom is -0.325 e. The summed E-state index contributed by atoms with van der Waals surface area (Å²) >= 11 is 7.99. The lowest BCUT2D eigenvalue weighted by atomic mass is 9.88. The molecule has 2 aromatic rings. The molecule has 21 heavy (non-hydrogen) atoms. The molecule has 0 saturated heterocycles. The topological polar surface area (TPSA) is 17.8 Å². The molecular formula is C16H20ClFN2S. The third-order valence-corrected chi connectivity index (χ3v) is 6.21. The molecule has 0 atom stereocenters. The van der Waals surface area contributed by atoms with Crippen LogP contribution in [0.4, 0.5) is 4.39 Å². The molecule has 1 aliphatic rings. The highest BCUT2D eigenvalue weighted by Crippen LogP contribution is 2.41. The van der Waals surface area contributed by atoms with Gasteiger partial charge in [0.1, 0.15) is 11.3 Å². The number of imidazole rings is 1. The van der Waals surface area contributed by atoms with Gasteiger partial charge in [0, 0.05) is 11.3 Å². The van der Waals surface area contributed by atoms with Crippen LogP contribution in [0.5, 0.6) is 0 Å². The standard InChI is InChI=1S/C16H20ClFN2S/c1-21-16(8-3-2-4-9-16)11-20-13-7-5-6-12(18)15(13)19-14(20)10-17/h5-7H,2-4,8-11H2,1H3. The summed E-state index contributed by atoms with van der Waals surface area (Å²) in [6.07, 6.45) is 8.49. The number of thioether (sulfide) groups is 1. The van der Waals surface area contributed by atoms with Crippen molar-refractivity contribution in [2.75, 3.05) is 6.26 Å². The zero-order valence-corrected chi connectivity index (χ0v) is 13.8. The van der Waals surface area contributed by atoms with E-state index in [1.807, 2.05) is 17.8 Å². The molecule has 1 saturated carbocycles. The fourth-order valence-electron chi connectivity index (χ4n) is 3.35. The van der Waals surface area contributed by atoms with Crippen LogP contribution in [0, 0.1) is 5.82 Å². The summed E-state index contributed by atoms with van der Waals surface area (Å²) < 4.78 is 16.3. The van der Waals surface area contributed by atoms with Crippen LogP contribution in [-0.4, -0.2) is 20.6 Å². The van der Waals surface area contributed by atoms with E-state index in [1.54, 1.807) is 6.07 Å². The van der Waals surface area contributed by atoms with E-state index in [2.05, 4.69) is 15.8 Å². The van der Waals surface area contributed by atoms with Gasteiger partial charge >= 0.3 is 0 Å². The molecule has 2 nitrogen and oxygen atoms in total. The largest absolute Gasteiger partial charge is 0.325 e. The van der Waals surface area contributed by atoms with E-state index in [4.69, 9.17) is 11.6 Å². The maximum absolute atomic E-state index is 13.9. The fourth-order valence-corrected chi connectivity index (χ4v) is 4.51. The highest BCUT2D eigenvalue weighted by molar-refractivity contribution is 8.00. The molecular weight excluding hydrogens is 307 g/mol. The summed E-state index contributed by atoms with van der Waals surface area (Å²) in [7, 11) is 0. The van der Waals surface area contributed by atoms with Gasteiger partial charge in [-0.05, 0) is 31.2 Å². The Morgan fingerprint density at radius 1 is 1.33 bits per heavy atom. The van der Waals surface area contributed by atoms with Crippen LogP contribution in [0.1, 0.15) is 37.9 Å². The summed E-state index contributed by atoms with van der Waals surface area (Å²) in [5.74, 6) is 0.828. The molecule has 0 unspecified atom stereocenters. The lowest BCUT2D eigenvalue weighted by Gasteiger charge is -2.36. The summed E-state index contributed by atoms with van der Waals surface area (Å²) in [6, 6.07) is 5.15.